The van der Waals surface area contributed by atoms with E-state index in [0.717, 1.165) is 39.1 Å². The van der Waals surface area contributed by atoms with E-state index in [4.69, 9.17) is 9.84 Å². The van der Waals surface area contributed by atoms with Crippen molar-refractivity contribution in [1.29, 1.82) is 0 Å². The highest BCUT2D eigenvalue weighted by molar-refractivity contribution is 5.67. The fourth-order valence-corrected chi connectivity index (χ4v) is 2.54. The fraction of sp³-hybridized carbons (Fsp3) is 0.909. The lowest BCUT2D eigenvalue weighted by molar-refractivity contribution is -0.139. The van der Waals surface area contributed by atoms with Crippen molar-refractivity contribution in [3.8, 4) is 0 Å². The van der Waals surface area contributed by atoms with Crippen LogP contribution >= 0.6 is 0 Å². The molecule has 0 aliphatic carbocycles. The van der Waals surface area contributed by atoms with Crippen molar-refractivity contribution >= 4 is 5.97 Å². The highest BCUT2D eigenvalue weighted by Crippen LogP contribution is 2.26. The molecule has 86 valence electrons. The van der Waals surface area contributed by atoms with Gasteiger partial charge in [0.1, 0.15) is 0 Å². The number of nitrogens with zero attached hydrogens (tertiary/aromatic N) is 1. The normalized spacial score (nSPS) is 29.5. The second-order valence-corrected chi connectivity index (χ2v) is 4.61. The molecule has 1 N–H and O–H groups in total. The maximum Gasteiger partial charge on any atom is 0.303 e. The van der Waals surface area contributed by atoms with Crippen LogP contribution in [0, 0.1) is 5.92 Å². The lowest BCUT2D eigenvalue weighted by Gasteiger charge is -2.43. The quantitative estimate of drug-likeness (QED) is 0.758. The molecule has 4 nitrogen and oxygen atoms in total. The van der Waals surface area contributed by atoms with Crippen LogP contribution in [0.2, 0.25) is 0 Å². The van der Waals surface area contributed by atoms with E-state index in [1.54, 1.807) is 0 Å². The van der Waals surface area contributed by atoms with Gasteiger partial charge in [-0.15, -0.1) is 0 Å². The third-order valence-electron chi connectivity index (χ3n) is 3.39. The van der Waals surface area contributed by atoms with Crippen molar-refractivity contribution in [3.63, 3.8) is 0 Å². The summed E-state index contributed by atoms with van der Waals surface area (Å²) in [7, 11) is 0. The summed E-state index contributed by atoms with van der Waals surface area (Å²) in [5.74, 6) is -0.282. The van der Waals surface area contributed by atoms with E-state index in [1.807, 2.05) is 0 Å². The van der Waals surface area contributed by atoms with Gasteiger partial charge < -0.3 is 9.84 Å². The Bertz CT molecular complexity index is 218. The summed E-state index contributed by atoms with van der Waals surface area (Å²) in [5.41, 5.74) is 0. The minimum absolute atomic E-state index is 0.333. The third kappa shape index (κ3) is 2.92. The summed E-state index contributed by atoms with van der Waals surface area (Å²) in [6.07, 6.45) is 3.80. The van der Waals surface area contributed by atoms with Crippen LogP contribution in [0.3, 0.4) is 0 Å². The number of aliphatic carboxylic acids is 1. The second kappa shape index (κ2) is 4.94. The number of carboxylic acid groups (broad SMARTS) is 1. The number of likely N-dealkylation sites (tertiary alicyclic amines) is 1. The van der Waals surface area contributed by atoms with E-state index >= 15 is 0 Å². The molecule has 1 atom stereocenters. The number of rotatable bonds is 3. The van der Waals surface area contributed by atoms with E-state index in [9.17, 15) is 4.79 Å². The fourth-order valence-electron chi connectivity index (χ4n) is 2.54. The zero-order valence-electron chi connectivity index (χ0n) is 9.02. The molecule has 0 saturated carbocycles. The third-order valence-corrected chi connectivity index (χ3v) is 3.39. The predicted molar refractivity (Wildman–Crippen MR) is 55.8 cm³/mol. The highest BCUT2D eigenvalue weighted by Gasteiger charge is 2.33. The minimum Gasteiger partial charge on any atom is -0.481 e. The Morgan fingerprint density at radius 3 is 2.87 bits per heavy atom. The van der Waals surface area contributed by atoms with Gasteiger partial charge in [-0.3, -0.25) is 9.69 Å². The van der Waals surface area contributed by atoms with E-state index in [0.29, 0.717) is 18.4 Å². The van der Waals surface area contributed by atoms with E-state index in [2.05, 4.69) is 4.90 Å². The Hall–Kier alpha value is -0.610. The Kier molecular flexibility index (Phi) is 3.59. The summed E-state index contributed by atoms with van der Waals surface area (Å²) in [6, 6.07) is 0.637. The molecule has 15 heavy (non-hydrogen) atoms. The standard InChI is InChI=1S/C11H19NO3/c13-11(14)6-9-7-12(8-9)10-2-1-4-15-5-3-10/h9-10H,1-8H2,(H,13,14). The number of carbonyl (C=O) groups is 1. The van der Waals surface area contributed by atoms with Gasteiger partial charge >= 0.3 is 5.97 Å². The number of hydrogen-bond donors (Lipinski definition) is 1. The maximum absolute atomic E-state index is 10.5. The summed E-state index contributed by atoms with van der Waals surface area (Å²) in [4.78, 5) is 12.9. The van der Waals surface area contributed by atoms with Crippen molar-refractivity contribution < 1.29 is 14.6 Å². The molecule has 0 aromatic rings. The Morgan fingerprint density at radius 1 is 1.33 bits per heavy atom. The predicted octanol–water partition coefficient (Wildman–Crippen LogP) is 0.962. The number of carboxylic acids is 1. The molecule has 0 bridgehead atoms. The van der Waals surface area contributed by atoms with Crippen LogP contribution in [0.4, 0.5) is 0 Å². The minimum atomic E-state index is -0.663. The molecular formula is C11H19NO3. The van der Waals surface area contributed by atoms with Crippen molar-refractivity contribution in [3.05, 3.63) is 0 Å². The van der Waals surface area contributed by atoms with E-state index in [-0.39, 0.29) is 0 Å². The van der Waals surface area contributed by atoms with Crippen molar-refractivity contribution in [1.82, 2.24) is 4.90 Å². The van der Waals surface area contributed by atoms with Gasteiger partial charge in [-0.2, -0.15) is 0 Å². The number of hydrogen-bond acceptors (Lipinski definition) is 3. The smallest absolute Gasteiger partial charge is 0.303 e. The molecule has 2 saturated heterocycles. The van der Waals surface area contributed by atoms with Crippen molar-refractivity contribution in [2.45, 2.75) is 31.7 Å². The average Bonchev–Trinajstić information content (AvgIpc) is 2.38. The summed E-state index contributed by atoms with van der Waals surface area (Å²) in [5, 5.41) is 8.65. The van der Waals surface area contributed by atoms with Gasteiger partial charge in [0, 0.05) is 32.3 Å². The van der Waals surface area contributed by atoms with Gasteiger partial charge in [0.2, 0.25) is 0 Å². The number of ether oxygens (including phenoxy) is 1. The van der Waals surface area contributed by atoms with Crippen LogP contribution < -0.4 is 0 Å². The first-order chi connectivity index (χ1) is 7.25. The molecule has 2 heterocycles. The first-order valence-corrected chi connectivity index (χ1v) is 5.79. The molecule has 0 amide bonds. The summed E-state index contributed by atoms with van der Waals surface area (Å²) < 4.78 is 5.41. The van der Waals surface area contributed by atoms with Crippen LogP contribution in [0.15, 0.2) is 0 Å². The van der Waals surface area contributed by atoms with Gasteiger partial charge in [0.05, 0.1) is 6.42 Å². The zero-order chi connectivity index (χ0) is 10.7. The largest absolute Gasteiger partial charge is 0.481 e. The molecule has 1 unspecified atom stereocenters. The van der Waals surface area contributed by atoms with Crippen molar-refractivity contribution in [2.24, 2.45) is 5.92 Å². The second-order valence-electron chi connectivity index (χ2n) is 4.61. The molecule has 0 spiro atoms. The molecule has 2 rings (SSSR count). The lowest BCUT2D eigenvalue weighted by Crippen LogP contribution is -2.52. The Balaban J connectivity index is 1.70. The maximum atomic E-state index is 10.5. The summed E-state index contributed by atoms with van der Waals surface area (Å²) >= 11 is 0. The van der Waals surface area contributed by atoms with Gasteiger partial charge in [-0.1, -0.05) is 0 Å². The Morgan fingerprint density at radius 2 is 2.13 bits per heavy atom. The molecule has 2 aliphatic rings. The van der Waals surface area contributed by atoms with Gasteiger partial charge in [0.25, 0.3) is 0 Å². The topological polar surface area (TPSA) is 49.8 Å². The van der Waals surface area contributed by atoms with Crippen LogP contribution in [-0.4, -0.2) is 48.3 Å². The highest BCUT2D eigenvalue weighted by atomic mass is 16.5. The van der Waals surface area contributed by atoms with Crippen molar-refractivity contribution in [2.75, 3.05) is 26.3 Å². The molecule has 0 aromatic heterocycles. The van der Waals surface area contributed by atoms with Gasteiger partial charge in [-0.25, -0.2) is 0 Å². The molecular weight excluding hydrogens is 194 g/mol. The van der Waals surface area contributed by atoms with E-state index in [1.165, 1.54) is 6.42 Å². The molecule has 4 heteroatoms. The van der Waals surface area contributed by atoms with Gasteiger partial charge in [-0.05, 0) is 25.2 Å². The molecule has 0 radical (unpaired) electrons. The zero-order valence-corrected chi connectivity index (χ0v) is 9.02. The van der Waals surface area contributed by atoms with E-state index < -0.39 is 5.97 Å². The van der Waals surface area contributed by atoms with Gasteiger partial charge in [0.15, 0.2) is 0 Å². The average molecular weight is 213 g/mol. The molecule has 2 fully saturated rings. The molecule has 0 aromatic carbocycles. The van der Waals surface area contributed by atoms with Crippen LogP contribution in [0.5, 0.6) is 0 Å². The SMILES string of the molecule is O=C(O)CC1CN(C2CCCOCC2)C1. The summed E-state index contributed by atoms with van der Waals surface area (Å²) in [6.45, 7) is 3.70. The lowest BCUT2D eigenvalue weighted by atomic mass is 9.92. The van der Waals surface area contributed by atoms with Crippen LogP contribution in [0.1, 0.15) is 25.7 Å². The Labute approximate surface area is 90.2 Å². The van der Waals surface area contributed by atoms with Crippen LogP contribution in [0.25, 0.3) is 0 Å². The first-order valence-electron chi connectivity index (χ1n) is 5.79. The first kappa shape index (κ1) is 10.9. The monoisotopic (exact) mass is 213 g/mol. The van der Waals surface area contributed by atoms with Crippen LogP contribution in [-0.2, 0) is 9.53 Å². The molecule has 2 aliphatic heterocycles.